The van der Waals surface area contributed by atoms with Crippen molar-refractivity contribution in [2.45, 2.75) is 19.8 Å². The van der Waals surface area contributed by atoms with E-state index in [1.165, 1.54) is 5.56 Å². The molecule has 0 radical (unpaired) electrons. The molecule has 0 atom stereocenters. The van der Waals surface area contributed by atoms with E-state index in [9.17, 15) is 4.79 Å². The molecular formula is C18H16O2. The van der Waals surface area contributed by atoms with Gasteiger partial charge in [0.1, 0.15) is 11.3 Å². The number of hydrogen-bond donors (Lipinski definition) is 0. The van der Waals surface area contributed by atoms with Crippen LogP contribution in [0.1, 0.15) is 25.3 Å². The minimum absolute atomic E-state index is 0.000379. The maximum atomic E-state index is 12.2. The van der Waals surface area contributed by atoms with E-state index in [4.69, 9.17) is 4.42 Å². The Balaban J connectivity index is 2.24. The van der Waals surface area contributed by atoms with Crippen molar-refractivity contribution >= 4 is 11.0 Å². The molecule has 3 aromatic rings. The molecule has 2 nitrogen and oxygen atoms in total. The van der Waals surface area contributed by atoms with Gasteiger partial charge in [-0.2, -0.15) is 0 Å². The second-order valence-corrected chi connectivity index (χ2v) is 5.25. The lowest BCUT2D eigenvalue weighted by Gasteiger charge is -2.07. The molecule has 1 heterocycles. The average molecular weight is 264 g/mol. The molecule has 20 heavy (non-hydrogen) atoms. The molecule has 0 amide bonds. The van der Waals surface area contributed by atoms with Gasteiger partial charge in [0.15, 0.2) is 5.43 Å². The van der Waals surface area contributed by atoms with Gasteiger partial charge in [0.25, 0.3) is 0 Å². The molecule has 0 aliphatic carbocycles. The summed E-state index contributed by atoms with van der Waals surface area (Å²) in [6.07, 6.45) is 0. The van der Waals surface area contributed by atoms with Gasteiger partial charge in [-0.1, -0.05) is 50.2 Å². The molecule has 0 saturated heterocycles. The van der Waals surface area contributed by atoms with E-state index in [0.29, 0.717) is 22.6 Å². The summed E-state index contributed by atoms with van der Waals surface area (Å²) in [5.74, 6) is 1.02. The molecule has 0 aliphatic heterocycles. The van der Waals surface area contributed by atoms with E-state index in [-0.39, 0.29) is 5.43 Å². The van der Waals surface area contributed by atoms with Crippen molar-refractivity contribution in [2.75, 3.05) is 0 Å². The fourth-order valence-electron chi connectivity index (χ4n) is 2.28. The van der Waals surface area contributed by atoms with Crippen LogP contribution in [-0.4, -0.2) is 0 Å². The highest BCUT2D eigenvalue weighted by molar-refractivity contribution is 5.79. The number of rotatable bonds is 2. The van der Waals surface area contributed by atoms with Crippen molar-refractivity contribution in [3.8, 4) is 11.3 Å². The zero-order chi connectivity index (χ0) is 14.1. The van der Waals surface area contributed by atoms with Crippen LogP contribution in [0.3, 0.4) is 0 Å². The fourth-order valence-corrected chi connectivity index (χ4v) is 2.28. The van der Waals surface area contributed by atoms with Crippen molar-refractivity contribution in [2.24, 2.45) is 0 Å². The van der Waals surface area contributed by atoms with Crippen LogP contribution in [-0.2, 0) is 0 Å². The maximum Gasteiger partial charge on any atom is 0.193 e. The molecule has 3 rings (SSSR count). The molecule has 0 spiro atoms. The first kappa shape index (κ1) is 12.7. The monoisotopic (exact) mass is 264 g/mol. The van der Waals surface area contributed by atoms with Gasteiger partial charge in [0, 0.05) is 11.6 Å². The van der Waals surface area contributed by atoms with E-state index in [2.05, 4.69) is 13.8 Å². The summed E-state index contributed by atoms with van der Waals surface area (Å²) in [5.41, 5.74) is 2.75. The van der Waals surface area contributed by atoms with Crippen molar-refractivity contribution in [3.63, 3.8) is 0 Å². The summed E-state index contributed by atoms with van der Waals surface area (Å²) in [4.78, 5) is 12.2. The highest BCUT2D eigenvalue weighted by atomic mass is 16.3. The standard InChI is InChI=1S/C18H16O2/c1-12(2)14-8-9-15-16(19)11-17(20-18(15)10-14)13-6-4-3-5-7-13/h3-12H,1-2H3. The molecule has 100 valence electrons. The van der Waals surface area contributed by atoms with E-state index >= 15 is 0 Å². The molecule has 0 bridgehead atoms. The highest BCUT2D eigenvalue weighted by Gasteiger charge is 2.08. The lowest BCUT2D eigenvalue weighted by molar-refractivity contribution is 0.617. The Kier molecular flexibility index (Phi) is 3.15. The van der Waals surface area contributed by atoms with Crippen LogP contribution in [0.5, 0.6) is 0 Å². The van der Waals surface area contributed by atoms with Gasteiger partial charge in [0.2, 0.25) is 0 Å². The minimum atomic E-state index is 0.000379. The quantitative estimate of drug-likeness (QED) is 0.678. The SMILES string of the molecule is CC(C)c1ccc2c(=O)cc(-c3ccccc3)oc2c1. The van der Waals surface area contributed by atoms with Crippen LogP contribution in [0.2, 0.25) is 0 Å². The third kappa shape index (κ3) is 2.25. The lowest BCUT2D eigenvalue weighted by atomic mass is 10.0. The Hall–Kier alpha value is -2.35. The van der Waals surface area contributed by atoms with Crippen molar-refractivity contribution in [3.05, 3.63) is 70.4 Å². The largest absolute Gasteiger partial charge is 0.456 e. The third-order valence-corrected chi connectivity index (χ3v) is 3.48. The van der Waals surface area contributed by atoms with Crippen LogP contribution < -0.4 is 5.43 Å². The molecule has 0 saturated carbocycles. The lowest BCUT2D eigenvalue weighted by Crippen LogP contribution is -2.01. The van der Waals surface area contributed by atoms with E-state index in [1.54, 1.807) is 6.07 Å². The first-order valence-electron chi connectivity index (χ1n) is 6.78. The smallest absolute Gasteiger partial charge is 0.193 e. The Morgan fingerprint density at radius 3 is 2.40 bits per heavy atom. The summed E-state index contributed by atoms with van der Waals surface area (Å²) in [7, 11) is 0. The summed E-state index contributed by atoms with van der Waals surface area (Å²) >= 11 is 0. The second kappa shape index (κ2) is 4.97. The molecule has 0 unspecified atom stereocenters. The van der Waals surface area contributed by atoms with Gasteiger partial charge >= 0.3 is 0 Å². The summed E-state index contributed by atoms with van der Waals surface area (Å²) in [6, 6.07) is 17.1. The first-order chi connectivity index (χ1) is 9.65. The topological polar surface area (TPSA) is 30.2 Å². The number of fused-ring (bicyclic) bond motifs is 1. The predicted molar refractivity (Wildman–Crippen MR) is 82.0 cm³/mol. The van der Waals surface area contributed by atoms with Gasteiger partial charge in [-0.05, 0) is 23.6 Å². The van der Waals surface area contributed by atoms with Crippen LogP contribution in [0.4, 0.5) is 0 Å². The van der Waals surface area contributed by atoms with E-state index < -0.39 is 0 Å². The Labute approximate surface area is 117 Å². The predicted octanol–water partition coefficient (Wildman–Crippen LogP) is 4.58. The average Bonchev–Trinajstić information content (AvgIpc) is 2.47. The summed E-state index contributed by atoms with van der Waals surface area (Å²) in [5, 5.41) is 0.633. The fraction of sp³-hybridized carbons (Fsp3) is 0.167. The minimum Gasteiger partial charge on any atom is -0.456 e. The van der Waals surface area contributed by atoms with E-state index in [0.717, 1.165) is 5.56 Å². The van der Waals surface area contributed by atoms with Gasteiger partial charge in [-0.15, -0.1) is 0 Å². The summed E-state index contributed by atoms with van der Waals surface area (Å²) < 4.78 is 5.92. The molecule has 1 aromatic heterocycles. The van der Waals surface area contributed by atoms with Crippen LogP contribution in [0.15, 0.2) is 63.8 Å². The van der Waals surface area contributed by atoms with Crippen LogP contribution in [0, 0.1) is 0 Å². The van der Waals surface area contributed by atoms with Crippen LogP contribution in [0.25, 0.3) is 22.3 Å². The Bertz CT molecular complexity index is 799. The first-order valence-corrected chi connectivity index (χ1v) is 6.78. The Morgan fingerprint density at radius 1 is 0.950 bits per heavy atom. The van der Waals surface area contributed by atoms with Crippen molar-refractivity contribution in [1.29, 1.82) is 0 Å². The molecule has 2 aromatic carbocycles. The highest BCUT2D eigenvalue weighted by Crippen LogP contribution is 2.24. The molecule has 0 fully saturated rings. The van der Waals surface area contributed by atoms with Gasteiger partial charge in [-0.25, -0.2) is 0 Å². The molecule has 2 heteroatoms. The number of benzene rings is 2. The zero-order valence-electron chi connectivity index (χ0n) is 11.6. The van der Waals surface area contributed by atoms with Gasteiger partial charge < -0.3 is 4.42 Å². The van der Waals surface area contributed by atoms with E-state index in [1.807, 2.05) is 48.5 Å². The molecule has 0 N–H and O–H groups in total. The van der Waals surface area contributed by atoms with Gasteiger partial charge in [0.05, 0.1) is 5.39 Å². The van der Waals surface area contributed by atoms with Crippen molar-refractivity contribution < 1.29 is 4.42 Å². The Morgan fingerprint density at radius 2 is 1.70 bits per heavy atom. The maximum absolute atomic E-state index is 12.2. The molecular weight excluding hydrogens is 248 g/mol. The normalized spacial score (nSPS) is 11.2. The third-order valence-electron chi connectivity index (χ3n) is 3.48. The summed E-state index contributed by atoms with van der Waals surface area (Å²) in [6.45, 7) is 4.25. The van der Waals surface area contributed by atoms with Crippen LogP contribution >= 0.6 is 0 Å². The second-order valence-electron chi connectivity index (χ2n) is 5.25. The zero-order valence-corrected chi connectivity index (χ0v) is 11.6. The molecule has 0 aliphatic rings. The van der Waals surface area contributed by atoms with Gasteiger partial charge in [-0.3, -0.25) is 4.79 Å². The van der Waals surface area contributed by atoms with Crippen molar-refractivity contribution in [1.82, 2.24) is 0 Å². The number of hydrogen-bond acceptors (Lipinski definition) is 2.